The molecule has 7 nitrogen and oxygen atoms in total. The molecule has 0 amide bonds. The van der Waals surface area contributed by atoms with E-state index in [1.165, 1.54) is 6.07 Å². The summed E-state index contributed by atoms with van der Waals surface area (Å²) in [5.74, 6) is 0.465. The molecule has 1 fully saturated rings. The lowest BCUT2D eigenvalue weighted by Crippen LogP contribution is -2.44. The quantitative estimate of drug-likeness (QED) is 0.641. The van der Waals surface area contributed by atoms with Gasteiger partial charge in [0.2, 0.25) is 5.58 Å². The molecular weight excluding hydrogens is 307 g/mol. The molecular formula is C16H17BN4O3. The van der Waals surface area contributed by atoms with E-state index in [9.17, 15) is 9.90 Å². The molecule has 1 aromatic carbocycles. The summed E-state index contributed by atoms with van der Waals surface area (Å²) in [7, 11) is 7.82. The summed E-state index contributed by atoms with van der Waals surface area (Å²) in [4.78, 5) is 23.6. The lowest BCUT2D eigenvalue weighted by atomic mass is 9.94. The van der Waals surface area contributed by atoms with Crippen LogP contribution in [0.2, 0.25) is 0 Å². The van der Waals surface area contributed by atoms with E-state index in [0.29, 0.717) is 28.9 Å². The number of benzene rings is 1. The number of nitrogens with zero attached hydrogens (tertiary/aromatic N) is 3. The predicted octanol–water partition coefficient (Wildman–Crippen LogP) is -0.0839. The third-order valence-electron chi connectivity index (χ3n) is 4.50. The van der Waals surface area contributed by atoms with Crippen LogP contribution in [0.25, 0.3) is 22.1 Å². The van der Waals surface area contributed by atoms with Crippen LogP contribution < -0.4 is 10.9 Å². The molecule has 122 valence electrons. The molecule has 2 aromatic heterocycles. The molecule has 0 aliphatic carbocycles. The van der Waals surface area contributed by atoms with Crippen molar-refractivity contribution in [3.8, 4) is 5.88 Å². The molecule has 0 bridgehead atoms. The first kappa shape index (κ1) is 15.2. The van der Waals surface area contributed by atoms with E-state index in [1.54, 1.807) is 6.07 Å². The third-order valence-corrected chi connectivity index (χ3v) is 4.50. The minimum Gasteiger partial charge on any atom is -0.491 e. The van der Waals surface area contributed by atoms with Crippen LogP contribution in [0.1, 0.15) is 5.82 Å². The summed E-state index contributed by atoms with van der Waals surface area (Å²) in [6.07, 6.45) is 0. The van der Waals surface area contributed by atoms with Gasteiger partial charge in [0.25, 0.3) is 5.88 Å². The van der Waals surface area contributed by atoms with Crippen molar-refractivity contribution in [3.05, 3.63) is 28.2 Å². The molecule has 0 atom stereocenters. The number of H-pyrrole nitrogens is 1. The van der Waals surface area contributed by atoms with Crippen LogP contribution in [0.5, 0.6) is 5.88 Å². The number of fused-ring (bicyclic) bond motifs is 3. The van der Waals surface area contributed by atoms with Crippen LogP contribution in [0.4, 0.5) is 0 Å². The molecule has 3 aromatic rings. The molecule has 0 spiro atoms. The summed E-state index contributed by atoms with van der Waals surface area (Å²) >= 11 is 0. The number of rotatable bonds is 2. The SMILES string of the molecule is [B]c1cc2c(cc1=O)oc1c(O)nc(CN3CCN(C)CC3)[nH]c12. The average Bonchev–Trinajstić information content (AvgIpc) is 2.89. The number of hydrogen-bond donors (Lipinski definition) is 2. The van der Waals surface area contributed by atoms with Gasteiger partial charge in [-0.2, -0.15) is 4.98 Å². The molecule has 3 heterocycles. The maximum absolute atomic E-state index is 11.7. The van der Waals surface area contributed by atoms with Crippen LogP contribution >= 0.6 is 0 Å². The Kier molecular flexibility index (Phi) is 3.58. The third kappa shape index (κ3) is 2.57. The van der Waals surface area contributed by atoms with Gasteiger partial charge in [-0.3, -0.25) is 9.69 Å². The number of likely N-dealkylation sites (N-methyl/N-ethyl adjacent to an activating group) is 1. The Hall–Kier alpha value is -2.32. The molecule has 1 aliphatic rings. The van der Waals surface area contributed by atoms with Crippen LogP contribution in [0, 0.1) is 0 Å². The van der Waals surface area contributed by atoms with Crippen molar-refractivity contribution in [3.63, 3.8) is 0 Å². The molecule has 0 unspecified atom stereocenters. The van der Waals surface area contributed by atoms with Crippen molar-refractivity contribution in [2.24, 2.45) is 0 Å². The van der Waals surface area contributed by atoms with E-state index in [-0.39, 0.29) is 22.4 Å². The maximum atomic E-state index is 11.7. The minimum atomic E-state index is -0.299. The van der Waals surface area contributed by atoms with Crippen LogP contribution in [-0.4, -0.2) is 65.9 Å². The number of hydrogen-bond acceptors (Lipinski definition) is 6. The standard InChI is InChI=1S/C16H17BN4O3/c1-20-2-4-21(5-3-20)8-13-18-14-9-6-10(17)11(22)7-12(9)24-15(14)16(23)19-13/h6-7,23H,2-5,8H2,1H3,(H,18,19). The second kappa shape index (κ2) is 5.64. The zero-order valence-corrected chi connectivity index (χ0v) is 13.4. The highest BCUT2D eigenvalue weighted by Gasteiger charge is 2.18. The number of aromatic nitrogens is 2. The summed E-state index contributed by atoms with van der Waals surface area (Å²) in [6.45, 7) is 4.52. The summed E-state index contributed by atoms with van der Waals surface area (Å²) in [6, 6.07) is 2.90. The zero-order chi connectivity index (χ0) is 16.8. The molecule has 0 saturated carbocycles. The number of piperazine rings is 1. The molecule has 2 N–H and O–H groups in total. The Balaban J connectivity index is 1.76. The number of aromatic amines is 1. The fourth-order valence-electron chi connectivity index (χ4n) is 3.07. The Bertz CT molecular complexity index is 973. The summed E-state index contributed by atoms with van der Waals surface area (Å²) in [5, 5.41) is 10.9. The van der Waals surface area contributed by atoms with Gasteiger partial charge in [0.1, 0.15) is 19.3 Å². The van der Waals surface area contributed by atoms with Gasteiger partial charge in [-0.25, -0.2) is 0 Å². The van der Waals surface area contributed by atoms with Gasteiger partial charge >= 0.3 is 0 Å². The van der Waals surface area contributed by atoms with E-state index in [1.807, 2.05) is 0 Å². The molecule has 1 saturated heterocycles. The van der Waals surface area contributed by atoms with Gasteiger partial charge in [0, 0.05) is 37.6 Å². The van der Waals surface area contributed by atoms with Gasteiger partial charge in [0.15, 0.2) is 5.43 Å². The Labute approximate surface area is 139 Å². The van der Waals surface area contributed by atoms with E-state index >= 15 is 0 Å². The van der Waals surface area contributed by atoms with Crippen molar-refractivity contribution in [1.82, 2.24) is 19.8 Å². The average molecular weight is 324 g/mol. The molecule has 8 heteroatoms. The normalized spacial score (nSPS) is 17.0. The fourth-order valence-corrected chi connectivity index (χ4v) is 3.07. The lowest BCUT2D eigenvalue weighted by Gasteiger charge is -2.31. The van der Waals surface area contributed by atoms with Crippen LogP contribution in [0.15, 0.2) is 21.3 Å². The van der Waals surface area contributed by atoms with Crippen LogP contribution in [0.3, 0.4) is 0 Å². The highest BCUT2D eigenvalue weighted by Crippen LogP contribution is 2.30. The highest BCUT2D eigenvalue weighted by atomic mass is 16.4. The van der Waals surface area contributed by atoms with Crippen molar-refractivity contribution in [1.29, 1.82) is 0 Å². The van der Waals surface area contributed by atoms with Crippen molar-refractivity contribution < 1.29 is 9.52 Å². The first-order valence-corrected chi connectivity index (χ1v) is 7.86. The van der Waals surface area contributed by atoms with Crippen molar-refractivity contribution >= 4 is 35.4 Å². The minimum absolute atomic E-state index is 0.149. The smallest absolute Gasteiger partial charge is 0.259 e. The second-order valence-electron chi connectivity index (χ2n) is 6.28. The van der Waals surface area contributed by atoms with Gasteiger partial charge in [-0.05, 0) is 12.5 Å². The molecule has 2 radical (unpaired) electrons. The Morgan fingerprint density at radius 1 is 1.33 bits per heavy atom. The van der Waals surface area contributed by atoms with E-state index in [2.05, 4.69) is 26.8 Å². The largest absolute Gasteiger partial charge is 0.491 e. The van der Waals surface area contributed by atoms with Crippen molar-refractivity contribution in [2.45, 2.75) is 6.54 Å². The predicted molar refractivity (Wildman–Crippen MR) is 92.0 cm³/mol. The fraction of sp³-hybridized carbons (Fsp3) is 0.375. The molecule has 1 aliphatic heterocycles. The van der Waals surface area contributed by atoms with E-state index < -0.39 is 0 Å². The second-order valence-corrected chi connectivity index (χ2v) is 6.28. The molecule has 24 heavy (non-hydrogen) atoms. The summed E-state index contributed by atoms with van der Waals surface area (Å²) < 4.78 is 5.56. The zero-order valence-electron chi connectivity index (χ0n) is 13.4. The van der Waals surface area contributed by atoms with Crippen LogP contribution in [-0.2, 0) is 6.54 Å². The van der Waals surface area contributed by atoms with Gasteiger partial charge < -0.3 is 19.4 Å². The number of furan rings is 1. The van der Waals surface area contributed by atoms with Gasteiger partial charge in [-0.15, -0.1) is 0 Å². The van der Waals surface area contributed by atoms with E-state index in [4.69, 9.17) is 12.3 Å². The topological polar surface area (TPSA) is 85.6 Å². The number of aromatic hydroxyl groups is 1. The first-order chi connectivity index (χ1) is 11.5. The first-order valence-electron chi connectivity index (χ1n) is 7.86. The maximum Gasteiger partial charge on any atom is 0.259 e. The monoisotopic (exact) mass is 324 g/mol. The summed E-state index contributed by atoms with van der Waals surface area (Å²) in [5.41, 5.74) is 1.07. The molecule has 4 rings (SSSR count). The Morgan fingerprint density at radius 3 is 2.83 bits per heavy atom. The van der Waals surface area contributed by atoms with E-state index in [0.717, 1.165) is 26.2 Å². The van der Waals surface area contributed by atoms with Gasteiger partial charge in [-0.1, -0.05) is 6.07 Å². The lowest BCUT2D eigenvalue weighted by molar-refractivity contribution is 0.145. The highest BCUT2D eigenvalue weighted by molar-refractivity contribution is 6.33. The van der Waals surface area contributed by atoms with Crippen molar-refractivity contribution in [2.75, 3.05) is 33.2 Å². The Morgan fingerprint density at radius 2 is 2.08 bits per heavy atom. The van der Waals surface area contributed by atoms with Gasteiger partial charge in [0.05, 0.1) is 12.1 Å². The number of nitrogens with one attached hydrogen (secondary N) is 1.